The number of unbranched alkanes of at least 4 members (excludes halogenated alkanes) is 1. The normalized spacial score (nSPS) is 11.9. The van der Waals surface area contributed by atoms with Crippen LogP contribution >= 0.6 is 0 Å². The Morgan fingerprint density at radius 2 is 1.78 bits per heavy atom. The molecule has 27 heavy (non-hydrogen) atoms. The van der Waals surface area contributed by atoms with Crippen LogP contribution in [0.15, 0.2) is 24.3 Å². The summed E-state index contributed by atoms with van der Waals surface area (Å²) in [6.07, 6.45) is 1.44. The Labute approximate surface area is 160 Å². The average Bonchev–Trinajstić information content (AvgIpc) is 2.93. The van der Waals surface area contributed by atoms with Gasteiger partial charge < -0.3 is 0 Å². The van der Waals surface area contributed by atoms with E-state index >= 15 is 0 Å². The predicted octanol–water partition coefficient (Wildman–Crippen LogP) is 4.20. The van der Waals surface area contributed by atoms with Gasteiger partial charge in [0.2, 0.25) is 10.0 Å². The standard InChI is InChI=1S/C20H26N4O2S/c1-6-7-8-27(25,26)23-19-12-16(5)22-24(19)18-11-14(3)17-10-13(2)9-15(4)20(17)21-18/h9-12,23H,6-8H2,1-5H3. The molecule has 0 aliphatic rings. The van der Waals surface area contributed by atoms with Crippen LogP contribution in [0.1, 0.15) is 42.1 Å². The molecule has 0 saturated heterocycles. The van der Waals surface area contributed by atoms with Gasteiger partial charge in [-0.1, -0.05) is 25.0 Å². The number of hydrogen-bond acceptors (Lipinski definition) is 4. The largest absolute Gasteiger partial charge is 0.267 e. The third-order valence-electron chi connectivity index (χ3n) is 4.52. The molecule has 2 aromatic heterocycles. The molecule has 2 heterocycles. The molecular weight excluding hydrogens is 360 g/mol. The van der Waals surface area contributed by atoms with E-state index in [9.17, 15) is 8.42 Å². The summed E-state index contributed by atoms with van der Waals surface area (Å²) in [5, 5.41) is 5.57. The Hall–Kier alpha value is -2.41. The van der Waals surface area contributed by atoms with Crippen molar-refractivity contribution in [2.24, 2.45) is 0 Å². The van der Waals surface area contributed by atoms with E-state index in [-0.39, 0.29) is 5.75 Å². The van der Waals surface area contributed by atoms with Crippen LogP contribution in [0.2, 0.25) is 0 Å². The van der Waals surface area contributed by atoms with E-state index in [2.05, 4.69) is 28.9 Å². The lowest BCUT2D eigenvalue weighted by Crippen LogP contribution is -2.19. The van der Waals surface area contributed by atoms with Gasteiger partial charge in [-0.2, -0.15) is 9.78 Å². The first kappa shape index (κ1) is 19.4. The van der Waals surface area contributed by atoms with Crippen LogP contribution in [0.3, 0.4) is 0 Å². The molecule has 0 fully saturated rings. The molecule has 144 valence electrons. The van der Waals surface area contributed by atoms with Gasteiger partial charge in [0.15, 0.2) is 5.82 Å². The minimum Gasteiger partial charge on any atom is -0.267 e. The summed E-state index contributed by atoms with van der Waals surface area (Å²) < 4.78 is 28.9. The van der Waals surface area contributed by atoms with Crippen molar-refractivity contribution < 1.29 is 8.42 Å². The highest BCUT2D eigenvalue weighted by atomic mass is 32.2. The van der Waals surface area contributed by atoms with E-state index in [1.807, 2.05) is 33.8 Å². The predicted molar refractivity (Wildman–Crippen MR) is 110 cm³/mol. The summed E-state index contributed by atoms with van der Waals surface area (Å²) in [4.78, 5) is 4.78. The first-order chi connectivity index (χ1) is 12.7. The van der Waals surface area contributed by atoms with Crippen molar-refractivity contribution in [1.29, 1.82) is 0 Å². The van der Waals surface area contributed by atoms with Crippen LogP contribution in [0.5, 0.6) is 0 Å². The van der Waals surface area contributed by atoms with E-state index in [1.54, 1.807) is 10.7 Å². The molecule has 0 amide bonds. The summed E-state index contributed by atoms with van der Waals surface area (Å²) >= 11 is 0. The number of hydrogen-bond donors (Lipinski definition) is 1. The summed E-state index contributed by atoms with van der Waals surface area (Å²) in [5.74, 6) is 1.11. The maximum atomic E-state index is 12.3. The van der Waals surface area contributed by atoms with Gasteiger partial charge in [0.05, 0.1) is 17.0 Å². The number of nitrogens with zero attached hydrogens (tertiary/aromatic N) is 3. The van der Waals surface area contributed by atoms with Crippen LogP contribution in [0, 0.1) is 27.7 Å². The van der Waals surface area contributed by atoms with Crippen LogP contribution in [-0.4, -0.2) is 28.9 Å². The number of rotatable bonds is 6. The van der Waals surface area contributed by atoms with Crippen molar-refractivity contribution in [3.63, 3.8) is 0 Å². The van der Waals surface area contributed by atoms with Crippen LogP contribution in [0.4, 0.5) is 5.82 Å². The number of benzene rings is 1. The molecule has 0 atom stereocenters. The number of aryl methyl sites for hydroxylation is 4. The minimum atomic E-state index is -3.42. The maximum absolute atomic E-state index is 12.3. The highest BCUT2D eigenvalue weighted by molar-refractivity contribution is 7.92. The van der Waals surface area contributed by atoms with Gasteiger partial charge in [0.25, 0.3) is 0 Å². The fourth-order valence-corrected chi connectivity index (χ4v) is 4.46. The molecule has 0 radical (unpaired) electrons. The molecule has 0 spiro atoms. The molecule has 3 rings (SSSR count). The first-order valence-electron chi connectivity index (χ1n) is 9.16. The van der Waals surface area contributed by atoms with Crippen molar-refractivity contribution in [2.75, 3.05) is 10.5 Å². The van der Waals surface area contributed by atoms with E-state index in [0.717, 1.165) is 34.1 Å². The van der Waals surface area contributed by atoms with E-state index in [1.165, 1.54) is 5.56 Å². The Morgan fingerprint density at radius 1 is 1.04 bits per heavy atom. The summed E-state index contributed by atoms with van der Waals surface area (Å²) in [6, 6.07) is 7.89. The topological polar surface area (TPSA) is 76.9 Å². The van der Waals surface area contributed by atoms with Gasteiger partial charge >= 0.3 is 0 Å². The van der Waals surface area contributed by atoms with Crippen LogP contribution in [0.25, 0.3) is 16.7 Å². The third kappa shape index (κ3) is 4.13. The number of pyridine rings is 1. The van der Waals surface area contributed by atoms with Crippen molar-refractivity contribution in [3.05, 3.63) is 46.6 Å². The summed E-state index contributed by atoms with van der Waals surface area (Å²) in [5.41, 5.74) is 4.99. The second-order valence-electron chi connectivity index (χ2n) is 7.13. The lowest BCUT2D eigenvalue weighted by atomic mass is 10.0. The quantitative estimate of drug-likeness (QED) is 0.689. The molecule has 6 nitrogen and oxygen atoms in total. The van der Waals surface area contributed by atoms with Gasteiger partial charge in [-0.15, -0.1) is 0 Å². The zero-order chi connectivity index (χ0) is 19.8. The van der Waals surface area contributed by atoms with Crippen LogP contribution < -0.4 is 4.72 Å². The van der Waals surface area contributed by atoms with Gasteiger partial charge in [0.1, 0.15) is 5.82 Å². The zero-order valence-corrected chi connectivity index (χ0v) is 17.3. The fourth-order valence-electron chi connectivity index (χ4n) is 3.23. The minimum absolute atomic E-state index is 0.0935. The van der Waals surface area contributed by atoms with E-state index < -0.39 is 10.0 Å². The third-order valence-corrected chi connectivity index (χ3v) is 5.86. The van der Waals surface area contributed by atoms with E-state index in [0.29, 0.717) is 18.1 Å². The first-order valence-corrected chi connectivity index (χ1v) is 10.8. The van der Waals surface area contributed by atoms with Crippen LogP contribution in [-0.2, 0) is 10.0 Å². The number of sulfonamides is 1. The molecule has 7 heteroatoms. The Bertz CT molecular complexity index is 1100. The molecular formula is C20H26N4O2S. The second-order valence-corrected chi connectivity index (χ2v) is 8.97. The molecule has 1 aromatic carbocycles. The van der Waals surface area contributed by atoms with Gasteiger partial charge in [0, 0.05) is 11.5 Å². The summed E-state index contributed by atoms with van der Waals surface area (Å²) in [6.45, 7) is 9.94. The Balaban J connectivity index is 2.10. The number of nitrogens with one attached hydrogen (secondary N) is 1. The van der Waals surface area contributed by atoms with Crippen molar-refractivity contribution >= 4 is 26.7 Å². The Morgan fingerprint density at radius 3 is 2.48 bits per heavy atom. The van der Waals surface area contributed by atoms with Crippen molar-refractivity contribution in [3.8, 4) is 5.82 Å². The Kier molecular flexibility index (Phi) is 5.24. The highest BCUT2D eigenvalue weighted by Gasteiger charge is 2.17. The number of fused-ring (bicyclic) bond motifs is 1. The molecule has 0 bridgehead atoms. The number of anilines is 1. The lowest BCUT2D eigenvalue weighted by Gasteiger charge is -2.13. The summed E-state index contributed by atoms with van der Waals surface area (Å²) in [7, 11) is -3.42. The molecule has 0 unspecified atom stereocenters. The van der Waals surface area contributed by atoms with Gasteiger partial charge in [-0.05, 0) is 57.4 Å². The smallest absolute Gasteiger partial charge is 0.233 e. The maximum Gasteiger partial charge on any atom is 0.233 e. The molecule has 0 aliphatic carbocycles. The highest BCUT2D eigenvalue weighted by Crippen LogP contribution is 2.26. The van der Waals surface area contributed by atoms with Gasteiger partial charge in [-0.3, -0.25) is 4.72 Å². The zero-order valence-electron chi connectivity index (χ0n) is 16.5. The molecule has 0 saturated carbocycles. The number of aromatic nitrogens is 3. The fraction of sp³-hybridized carbons (Fsp3) is 0.400. The molecule has 3 aromatic rings. The average molecular weight is 387 g/mol. The van der Waals surface area contributed by atoms with Crippen molar-refractivity contribution in [1.82, 2.24) is 14.8 Å². The second kappa shape index (κ2) is 7.31. The lowest BCUT2D eigenvalue weighted by molar-refractivity contribution is 0.597. The molecule has 1 N–H and O–H groups in total. The van der Waals surface area contributed by atoms with E-state index in [4.69, 9.17) is 4.98 Å². The molecule has 0 aliphatic heterocycles. The van der Waals surface area contributed by atoms with Crippen molar-refractivity contribution in [2.45, 2.75) is 47.5 Å². The monoisotopic (exact) mass is 386 g/mol. The van der Waals surface area contributed by atoms with Gasteiger partial charge in [-0.25, -0.2) is 13.4 Å². The SMILES string of the molecule is CCCCS(=O)(=O)Nc1cc(C)nn1-c1cc(C)c2cc(C)cc(C)c2n1.